The van der Waals surface area contributed by atoms with E-state index < -0.39 is 0 Å². The molecule has 1 aliphatic rings. The van der Waals surface area contributed by atoms with Crippen molar-refractivity contribution in [2.75, 3.05) is 5.73 Å². The summed E-state index contributed by atoms with van der Waals surface area (Å²) in [5.41, 5.74) is 9.06. The number of nitrogens with zero attached hydrogens (tertiary/aromatic N) is 1. The van der Waals surface area contributed by atoms with Gasteiger partial charge in [-0.05, 0) is 55.4 Å². The molecule has 0 saturated carbocycles. The number of benzene rings is 1. The highest BCUT2D eigenvalue weighted by Gasteiger charge is 2.24. The summed E-state index contributed by atoms with van der Waals surface area (Å²) in [6.45, 7) is 4.66. The molecule has 1 atom stereocenters. The second kappa shape index (κ2) is 4.97. The second-order valence-electron chi connectivity index (χ2n) is 5.76. The highest BCUT2D eigenvalue weighted by molar-refractivity contribution is 7.15. The van der Waals surface area contributed by atoms with E-state index in [1.54, 1.807) is 0 Å². The lowest BCUT2D eigenvalue weighted by atomic mass is 9.83. The Morgan fingerprint density at radius 1 is 1.26 bits per heavy atom. The third kappa shape index (κ3) is 2.52. The summed E-state index contributed by atoms with van der Waals surface area (Å²) in [5, 5.41) is 1.15. The van der Waals surface area contributed by atoms with Crippen LogP contribution < -0.4 is 5.73 Å². The normalized spacial score (nSPS) is 18.6. The van der Waals surface area contributed by atoms with Crippen molar-refractivity contribution in [3.8, 4) is 10.6 Å². The number of nitrogen functional groups attached to an aromatic ring is 1. The van der Waals surface area contributed by atoms with Crippen LogP contribution in [0.2, 0.25) is 0 Å². The Morgan fingerprint density at radius 3 is 2.68 bits per heavy atom. The van der Waals surface area contributed by atoms with Crippen molar-refractivity contribution in [3.63, 3.8) is 0 Å². The molecule has 3 heteroatoms. The average molecular weight is 272 g/mol. The maximum atomic E-state index is 5.74. The smallest absolute Gasteiger partial charge is 0.123 e. The van der Waals surface area contributed by atoms with Crippen LogP contribution >= 0.6 is 11.3 Å². The zero-order chi connectivity index (χ0) is 13.4. The maximum Gasteiger partial charge on any atom is 0.123 e. The minimum atomic E-state index is 0.773. The summed E-state index contributed by atoms with van der Waals surface area (Å²) in [6.07, 6.45) is 3.64. The van der Waals surface area contributed by atoms with Gasteiger partial charge in [-0.3, -0.25) is 0 Å². The summed E-state index contributed by atoms with van der Waals surface area (Å²) in [5.74, 6) is 1.60. The summed E-state index contributed by atoms with van der Waals surface area (Å²) in [4.78, 5) is 6.32. The number of thiazole rings is 1. The van der Waals surface area contributed by atoms with Crippen LogP contribution in [0, 0.1) is 11.8 Å². The van der Waals surface area contributed by atoms with Crippen molar-refractivity contribution in [2.45, 2.75) is 33.1 Å². The lowest BCUT2D eigenvalue weighted by Crippen LogP contribution is -2.17. The van der Waals surface area contributed by atoms with Gasteiger partial charge in [0.25, 0.3) is 0 Å². The number of fused-ring (bicyclic) bond motifs is 1. The van der Waals surface area contributed by atoms with Crippen LogP contribution in [0.25, 0.3) is 10.6 Å². The van der Waals surface area contributed by atoms with Gasteiger partial charge in [-0.2, -0.15) is 0 Å². The third-order valence-corrected chi connectivity index (χ3v) is 5.25. The maximum absolute atomic E-state index is 5.74. The minimum absolute atomic E-state index is 0.773. The molecule has 0 spiro atoms. The highest BCUT2D eigenvalue weighted by Crippen LogP contribution is 2.36. The molecular formula is C16H20N2S. The third-order valence-electron chi connectivity index (χ3n) is 4.08. The summed E-state index contributed by atoms with van der Waals surface area (Å²) >= 11 is 1.86. The quantitative estimate of drug-likeness (QED) is 0.834. The topological polar surface area (TPSA) is 38.9 Å². The second-order valence-corrected chi connectivity index (χ2v) is 6.84. The highest BCUT2D eigenvalue weighted by atomic mass is 32.1. The minimum Gasteiger partial charge on any atom is -0.399 e. The molecule has 19 heavy (non-hydrogen) atoms. The number of rotatable bonds is 2. The summed E-state index contributed by atoms with van der Waals surface area (Å²) < 4.78 is 0. The van der Waals surface area contributed by atoms with E-state index in [1.165, 1.54) is 29.0 Å². The molecule has 2 aromatic rings. The fourth-order valence-corrected chi connectivity index (χ4v) is 3.92. The van der Waals surface area contributed by atoms with Crippen molar-refractivity contribution in [1.29, 1.82) is 0 Å². The number of aromatic nitrogens is 1. The van der Waals surface area contributed by atoms with E-state index in [-0.39, 0.29) is 0 Å². The lowest BCUT2D eigenvalue weighted by Gasteiger charge is -2.24. The molecule has 0 saturated heterocycles. The first-order valence-electron chi connectivity index (χ1n) is 6.98. The van der Waals surface area contributed by atoms with Gasteiger partial charge < -0.3 is 5.73 Å². The molecule has 2 N–H and O–H groups in total. The summed E-state index contributed by atoms with van der Waals surface area (Å²) in [7, 11) is 0. The van der Waals surface area contributed by atoms with Gasteiger partial charge in [0, 0.05) is 16.1 Å². The average Bonchev–Trinajstić information content (AvgIpc) is 2.82. The zero-order valence-electron chi connectivity index (χ0n) is 11.5. The van der Waals surface area contributed by atoms with Crippen LogP contribution in [-0.4, -0.2) is 4.98 Å². The number of nitrogens with two attached hydrogens (primary N) is 1. The number of hydrogen-bond acceptors (Lipinski definition) is 3. The van der Waals surface area contributed by atoms with Gasteiger partial charge in [-0.1, -0.05) is 13.8 Å². The molecule has 2 nitrogen and oxygen atoms in total. The molecule has 1 unspecified atom stereocenters. The van der Waals surface area contributed by atoms with E-state index in [0.717, 1.165) is 29.0 Å². The number of hydrogen-bond donors (Lipinski definition) is 1. The van der Waals surface area contributed by atoms with Crippen LogP contribution in [0.15, 0.2) is 24.3 Å². The molecule has 0 fully saturated rings. The van der Waals surface area contributed by atoms with Gasteiger partial charge in [-0.25, -0.2) is 4.98 Å². The van der Waals surface area contributed by atoms with Crippen molar-refractivity contribution in [3.05, 3.63) is 34.8 Å². The van der Waals surface area contributed by atoms with Gasteiger partial charge in [0.2, 0.25) is 0 Å². The van der Waals surface area contributed by atoms with Crippen LogP contribution in [0.5, 0.6) is 0 Å². The number of aryl methyl sites for hydroxylation is 1. The fraction of sp³-hybridized carbons (Fsp3) is 0.438. The van der Waals surface area contributed by atoms with Gasteiger partial charge in [-0.15, -0.1) is 11.3 Å². The Labute approximate surface area is 118 Å². The molecule has 0 amide bonds. The standard InChI is InChI=1S/C16H20N2S/c1-10(2)12-5-8-14-15(9-12)19-16(18-14)11-3-6-13(17)7-4-11/h3-4,6-7,10,12H,5,8-9,17H2,1-2H3. The Kier molecular flexibility index (Phi) is 3.31. The van der Waals surface area contributed by atoms with E-state index >= 15 is 0 Å². The molecule has 1 heterocycles. The first kappa shape index (κ1) is 12.7. The van der Waals surface area contributed by atoms with Crippen molar-refractivity contribution < 1.29 is 0 Å². The summed E-state index contributed by atoms with van der Waals surface area (Å²) in [6, 6.07) is 8.04. The van der Waals surface area contributed by atoms with Gasteiger partial charge in [0.05, 0.1) is 5.69 Å². The van der Waals surface area contributed by atoms with Gasteiger partial charge in [0.15, 0.2) is 0 Å². The SMILES string of the molecule is CC(C)C1CCc2nc(-c3ccc(N)cc3)sc2C1. The van der Waals surface area contributed by atoms with Crippen molar-refractivity contribution in [1.82, 2.24) is 4.98 Å². The molecular weight excluding hydrogens is 252 g/mol. The van der Waals surface area contributed by atoms with Gasteiger partial charge >= 0.3 is 0 Å². The fourth-order valence-electron chi connectivity index (χ4n) is 2.72. The molecule has 0 bridgehead atoms. The van der Waals surface area contributed by atoms with E-state index in [4.69, 9.17) is 10.7 Å². The monoisotopic (exact) mass is 272 g/mol. The molecule has 0 radical (unpaired) electrons. The van der Waals surface area contributed by atoms with E-state index in [9.17, 15) is 0 Å². The first-order chi connectivity index (χ1) is 9.13. The largest absolute Gasteiger partial charge is 0.399 e. The van der Waals surface area contributed by atoms with Crippen molar-refractivity contribution in [2.24, 2.45) is 11.8 Å². The Balaban J connectivity index is 1.89. The van der Waals surface area contributed by atoms with Crippen molar-refractivity contribution >= 4 is 17.0 Å². The Hall–Kier alpha value is -1.35. The predicted molar refractivity (Wildman–Crippen MR) is 82.3 cm³/mol. The van der Waals surface area contributed by atoms with E-state index in [2.05, 4.69) is 26.0 Å². The van der Waals surface area contributed by atoms with Crippen LogP contribution in [0.4, 0.5) is 5.69 Å². The molecule has 1 aromatic carbocycles. The molecule has 3 rings (SSSR count). The van der Waals surface area contributed by atoms with Crippen LogP contribution in [0.3, 0.4) is 0 Å². The Bertz CT molecular complexity index is 569. The van der Waals surface area contributed by atoms with Crippen LogP contribution in [-0.2, 0) is 12.8 Å². The Morgan fingerprint density at radius 2 is 2.00 bits per heavy atom. The zero-order valence-corrected chi connectivity index (χ0v) is 12.3. The lowest BCUT2D eigenvalue weighted by molar-refractivity contribution is 0.344. The molecule has 1 aliphatic carbocycles. The van der Waals surface area contributed by atoms with Crippen LogP contribution in [0.1, 0.15) is 30.8 Å². The molecule has 1 aromatic heterocycles. The van der Waals surface area contributed by atoms with E-state index in [1.807, 2.05) is 23.5 Å². The molecule has 0 aliphatic heterocycles. The van der Waals surface area contributed by atoms with Gasteiger partial charge in [0.1, 0.15) is 5.01 Å². The molecule has 100 valence electrons. The predicted octanol–water partition coefficient (Wildman–Crippen LogP) is 4.15. The number of anilines is 1. The first-order valence-corrected chi connectivity index (χ1v) is 7.79. The van der Waals surface area contributed by atoms with E-state index in [0.29, 0.717) is 0 Å².